The van der Waals surface area contributed by atoms with Gasteiger partial charge in [-0.1, -0.05) is 23.7 Å². The summed E-state index contributed by atoms with van der Waals surface area (Å²) in [5.41, 5.74) is 7.78. The highest BCUT2D eigenvalue weighted by Gasteiger charge is 2.04. The van der Waals surface area contributed by atoms with Crippen LogP contribution < -0.4 is 10.5 Å². The van der Waals surface area contributed by atoms with Crippen LogP contribution in [-0.2, 0) is 6.42 Å². The van der Waals surface area contributed by atoms with Gasteiger partial charge in [0.2, 0.25) is 0 Å². The Morgan fingerprint density at radius 1 is 1.28 bits per heavy atom. The highest BCUT2D eigenvalue weighted by atomic mass is 35.5. The summed E-state index contributed by atoms with van der Waals surface area (Å²) in [6, 6.07) is 7.83. The van der Waals surface area contributed by atoms with Crippen LogP contribution >= 0.6 is 11.6 Å². The van der Waals surface area contributed by atoms with E-state index in [9.17, 15) is 0 Å². The number of aromatic nitrogens is 1. The van der Waals surface area contributed by atoms with Crippen molar-refractivity contribution in [2.24, 2.45) is 5.73 Å². The topological polar surface area (TPSA) is 48.1 Å². The predicted molar refractivity (Wildman–Crippen MR) is 73.3 cm³/mol. The fourth-order valence-electron chi connectivity index (χ4n) is 1.65. The van der Waals surface area contributed by atoms with Crippen molar-refractivity contribution in [3.63, 3.8) is 0 Å². The lowest BCUT2D eigenvalue weighted by Gasteiger charge is -2.10. The molecule has 18 heavy (non-hydrogen) atoms. The molecule has 2 N–H and O–H groups in total. The Morgan fingerprint density at radius 3 is 2.83 bits per heavy atom. The minimum atomic E-state index is 0.559. The number of rotatable bonds is 4. The molecule has 2 aromatic rings. The van der Waals surface area contributed by atoms with E-state index >= 15 is 0 Å². The zero-order chi connectivity index (χ0) is 13.0. The Morgan fingerprint density at radius 2 is 2.11 bits per heavy atom. The van der Waals surface area contributed by atoms with Gasteiger partial charge >= 0.3 is 0 Å². The monoisotopic (exact) mass is 262 g/mol. The smallest absolute Gasteiger partial charge is 0.147 e. The molecule has 0 spiro atoms. The summed E-state index contributed by atoms with van der Waals surface area (Å²) in [7, 11) is 0. The maximum absolute atomic E-state index is 5.87. The summed E-state index contributed by atoms with van der Waals surface area (Å²) in [5.74, 6) is 1.44. The highest BCUT2D eigenvalue weighted by Crippen LogP contribution is 2.27. The van der Waals surface area contributed by atoms with Crippen LogP contribution in [0.4, 0.5) is 0 Å². The number of nitrogens with two attached hydrogens (primary N) is 1. The molecule has 0 atom stereocenters. The summed E-state index contributed by atoms with van der Waals surface area (Å²) in [4.78, 5) is 3.99. The first kappa shape index (κ1) is 12.9. The van der Waals surface area contributed by atoms with Crippen LogP contribution in [0.2, 0.25) is 5.02 Å². The second kappa shape index (κ2) is 5.85. The van der Waals surface area contributed by atoms with Gasteiger partial charge in [0.1, 0.15) is 11.5 Å². The van der Waals surface area contributed by atoms with Crippen LogP contribution in [0, 0.1) is 6.92 Å². The van der Waals surface area contributed by atoms with Gasteiger partial charge in [0, 0.05) is 12.3 Å². The van der Waals surface area contributed by atoms with E-state index in [1.54, 1.807) is 18.5 Å². The molecule has 0 unspecified atom stereocenters. The van der Waals surface area contributed by atoms with Crippen molar-refractivity contribution in [2.45, 2.75) is 13.3 Å². The van der Waals surface area contributed by atoms with Gasteiger partial charge < -0.3 is 10.5 Å². The summed E-state index contributed by atoms with van der Waals surface area (Å²) < 4.78 is 5.79. The number of halogens is 1. The predicted octanol–water partition coefficient (Wildman–Crippen LogP) is 3.34. The number of aryl methyl sites for hydroxylation is 1. The zero-order valence-corrected chi connectivity index (χ0v) is 10.9. The average molecular weight is 263 g/mol. The van der Waals surface area contributed by atoms with Crippen LogP contribution in [0.15, 0.2) is 36.7 Å². The third-order valence-electron chi connectivity index (χ3n) is 2.59. The molecule has 2 rings (SSSR count). The van der Waals surface area contributed by atoms with Crippen molar-refractivity contribution in [3.8, 4) is 11.5 Å². The minimum Gasteiger partial charge on any atom is -0.455 e. The highest BCUT2D eigenvalue weighted by molar-refractivity contribution is 6.30. The normalized spacial score (nSPS) is 10.4. The average Bonchev–Trinajstić information content (AvgIpc) is 2.34. The molecule has 1 aromatic carbocycles. The number of ether oxygens (including phenoxy) is 1. The third kappa shape index (κ3) is 3.22. The Hall–Kier alpha value is -1.58. The molecule has 0 saturated carbocycles. The molecule has 0 saturated heterocycles. The van der Waals surface area contributed by atoms with E-state index in [2.05, 4.69) is 11.1 Å². The zero-order valence-electron chi connectivity index (χ0n) is 10.2. The number of nitrogens with zero attached hydrogens (tertiary/aromatic N) is 1. The molecule has 1 aromatic heterocycles. The van der Waals surface area contributed by atoms with Crippen molar-refractivity contribution in [2.75, 3.05) is 6.54 Å². The van der Waals surface area contributed by atoms with Gasteiger partial charge in [-0.05, 0) is 37.1 Å². The molecule has 94 valence electrons. The van der Waals surface area contributed by atoms with Gasteiger partial charge in [-0.25, -0.2) is 0 Å². The minimum absolute atomic E-state index is 0.559. The van der Waals surface area contributed by atoms with E-state index in [0.29, 0.717) is 17.3 Å². The van der Waals surface area contributed by atoms with Crippen LogP contribution in [0.5, 0.6) is 11.5 Å². The van der Waals surface area contributed by atoms with Gasteiger partial charge in [0.25, 0.3) is 0 Å². The van der Waals surface area contributed by atoms with Gasteiger partial charge in [0.15, 0.2) is 0 Å². The number of benzene rings is 1. The van der Waals surface area contributed by atoms with Crippen LogP contribution in [0.25, 0.3) is 0 Å². The Bertz CT molecular complexity index is 543. The van der Waals surface area contributed by atoms with E-state index in [0.717, 1.165) is 23.3 Å². The molecule has 0 aliphatic heterocycles. The van der Waals surface area contributed by atoms with Crippen molar-refractivity contribution in [3.05, 3.63) is 52.8 Å². The van der Waals surface area contributed by atoms with Gasteiger partial charge in [-0.15, -0.1) is 0 Å². The van der Waals surface area contributed by atoms with Crippen molar-refractivity contribution in [1.82, 2.24) is 4.98 Å². The van der Waals surface area contributed by atoms with Crippen LogP contribution in [-0.4, -0.2) is 11.5 Å². The van der Waals surface area contributed by atoms with Crippen molar-refractivity contribution < 1.29 is 4.74 Å². The fraction of sp³-hybridized carbons (Fsp3) is 0.214. The van der Waals surface area contributed by atoms with Gasteiger partial charge in [-0.3, -0.25) is 4.98 Å². The van der Waals surface area contributed by atoms with Gasteiger partial charge in [-0.2, -0.15) is 0 Å². The van der Waals surface area contributed by atoms with Crippen molar-refractivity contribution >= 4 is 11.6 Å². The second-order valence-electron chi connectivity index (χ2n) is 4.08. The molecule has 1 heterocycles. The molecule has 0 fully saturated rings. The molecule has 0 aliphatic rings. The number of pyridine rings is 1. The largest absolute Gasteiger partial charge is 0.455 e. The Labute approximate surface area is 112 Å². The maximum atomic E-state index is 5.87. The summed E-state index contributed by atoms with van der Waals surface area (Å²) in [5, 5.41) is 0.559. The van der Waals surface area contributed by atoms with E-state index in [1.807, 2.05) is 19.1 Å². The molecule has 4 heteroatoms. The number of hydrogen-bond acceptors (Lipinski definition) is 3. The maximum Gasteiger partial charge on any atom is 0.147 e. The molecular weight excluding hydrogens is 248 g/mol. The second-order valence-corrected chi connectivity index (χ2v) is 4.52. The lowest BCUT2D eigenvalue weighted by atomic mass is 10.1. The SMILES string of the molecule is Cc1ccc(CCN)cc1Oc1cncc(Cl)c1. The standard InChI is InChI=1S/C14H15ClN2O/c1-10-2-3-11(4-5-16)6-14(10)18-13-7-12(15)8-17-9-13/h2-3,6-9H,4-5,16H2,1H3. The van der Waals surface area contributed by atoms with E-state index in [1.165, 1.54) is 0 Å². The first-order valence-electron chi connectivity index (χ1n) is 5.77. The summed E-state index contributed by atoms with van der Waals surface area (Å²) in [6.07, 6.45) is 4.05. The lowest BCUT2D eigenvalue weighted by Crippen LogP contribution is -2.02. The van der Waals surface area contributed by atoms with Crippen LogP contribution in [0.3, 0.4) is 0 Å². The van der Waals surface area contributed by atoms with Gasteiger partial charge in [0.05, 0.1) is 11.2 Å². The Kier molecular flexibility index (Phi) is 4.18. The van der Waals surface area contributed by atoms with E-state index in [-0.39, 0.29) is 0 Å². The van der Waals surface area contributed by atoms with E-state index < -0.39 is 0 Å². The molecule has 0 amide bonds. The van der Waals surface area contributed by atoms with E-state index in [4.69, 9.17) is 22.1 Å². The molecule has 0 radical (unpaired) electrons. The third-order valence-corrected chi connectivity index (χ3v) is 2.80. The molecular formula is C14H15ClN2O. The first-order valence-corrected chi connectivity index (χ1v) is 6.15. The Balaban J connectivity index is 2.25. The first-order chi connectivity index (χ1) is 8.69. The fourth-order valence-corrected chi connectivity index (χ4v) is 1.82. The quantitative estimate of drug-likeness (QED) is 0.919. The summed E-state index contributed by atoms with van der Waals surface area (Å²) in [6.45, 7) is 2.63. The molecule has 0 bridgehead atoms. The molecule has 0 aliphatic carbocycles. The lowest BCUT2D eigenvalue weighted by molar-refractivity contribution is 0.476. The molecule has 3 nitrogen and oxygen atoms in total. The summed E-state index contributed by atoms with van der Waals surface area (Å²) >= 11 is 5.87. The van der Waals surface area contributed by atoms with Crippen molar-refractivity contribution in [1.29, 1.82) is 0 Å². The number of hydrogen-bond donors (Lipinski definition) is 1. The van der Waals surface area contributed by atoms with Crippen LogP contribution in [0.1, 0.15) is 11.1 Å².